The molecule has 36 heavy (non-hydrogen) atoms. The number of nitrogens with two attached hydrogens (primary N) is 2. The third-order valence-electron chi connectivity index (χ3n) is 5.18. The smallest absolute Gasteiger partial charge is 0.410 e. The Labute approximate surface area is 208 Å². The van der Waals surface area contributed by atoms with Crippen LogP contribution in [-0.4, -0.2) is 63.1 Å². The minimum absolute atomic E-state index is 0.0903. The average Bonchev–Trinajstić information content (AvgIpc) is 3.26. The summed E-state index contributed by atoms with van der Waals surface area (Å²) in [4.78, 5) is 37.1. The molecule has 0 spiro atoms. The number of benzene rings is 1. The van der Waals surface area contributed by atoms with Gasteiger partial charge in [-0.1, -0.05) is 36.4 Å². The lowest BCUT2D eigenvalue weighted by atomic mass is 10.1. The van der Waals surface area contributed by atoms with Crippen molar-refractivity contribution in [3.63, 3.8) is 0 Å². The van der Waals surface area contributed by atoms with E-state index in [1.54, 1.807) is 36.4 Å². The summed E-state index contributed by atoms with van der Waals surface area (Å²) in [6.45, 7) is 3.19. The first-order valence-electron chi connectivity index (χ1n) is 11.3. The highest BCUT2D eigenvalue weighted by atomic mass is 16.6. The van der Waals surface area contributed by atoms with E-state index in [1.807, 2.05) is 30.3 Å². The van der Waals surface area contributed by atoms with Crippen LogP contribution < -0.4 is 16.8 Å². The number of hydrogen-bond donors (Lipinski definition) is 3. The van der Waals surface area contributed by atoms with Gasteiger partial charge >= 0.3 is 6.09 Å². The van der Waals surface area contributed by atoms with Gasteiger partial charge in [0, 0.05) is 7.05 Å². The van der Waals surface area contributed by atoms with Crippen LogP contribution in [0.2, 0.25) is 0 Å². The molecule has 12 nitrogen and oxygen atoms in total. The zero-order valence-corrected chi connectivity index (χ0v) is 20.5. The number of amides is 3. The zero-order valence-electron chi connectivity index (χ0n) is 20.5. The molecule has 5 N–H and O–H groups in total. The first-order valence-corrected chi connectivity index (χ1v) is 11.3. The molecule has 1 atom stereocenters. The van der Waals surface area contributed by atoms with E-state index < -0.39 is 29.5 Å². The number of carbonyl (C=O) groups excluding carboxylic acids is 3. The second-order valence-corrected chi connectivity index (χ2v) is 8.89. The van der Waals surface area contributed by atoms with Crippen LogP contribution in [0.4, 0.5) is 4.79 Å². The van der Waals surface area contributed by atoms with E-state index >= 15 is 0 Å². The number of hydrogen-bond acceptors (Lipinski definition) is 8. The zero-order chi connectivity index (χ0) is 26.3. The van der Waals surface area contributed by atoms with Gasteiger partial charge in [-0.05, 0) is 31.5 Å². The molecular weight excluding hydrogens is 466 g/mol. The van der Waals surface area contributed by atoms with Gasteiger partial charge in [-0.2, -0.15) is 0 Å². The van der Waals surface area contributed by atoms with Gasteiger partial charge in [-0.15, -0.1) is 10.2 Å². The van der Waals surface area contributed by atoms with Gasteiger partial charge in [0.1, 0.15) is 19.2 Å². The molecule has 0 radical (unpaired) electrons. The number of pyridine rings is 1. The van der Waals surface area contributed by atoms with Gasteiger partial charge in [0.2, 0.25) is 11.8 Å². The van der Waals surface area contributed by atoms with E-state index in [9.17, 15) is 14.4 Å². The number of aromatic nitrogens is 3. The number of nitrogens with zero attached hydrogens (tertiary/aromatic N) is 4. The fourth-order valence-electron chi connectivity index (χ4n) is 3.31. The molecule has 3 amide bonds. The summed E-state index contributed by atoms with van der Waals surface area (Å²) in [5.41, 5.74) is 12.0. The van der Waals surface area contributed by atoms with Crippen LogP contribution in [0.1, 0.15) is 37.0 Å². The van der Waals surface area contributed by atoms with Gasteiger partial charge in [0.15, 0.2) is 11.5 Å². The van der Waals surface area contributed by atoms with Crippen molar-refractivity contribution >= 4 is 23.6 Å². The maximum Gasteiger partial charge on any atom is 0.410 e. The minimum atomic E-state index is -1.14. The summed E-state index contributed by atoms with van der Waals surface area (Å²) in [5, 5.41) is 11.4. The van der Waals surface area contributed by atoms with E-state index in [2.05, 4.69) is 15.5 Å². The van der Waals surface area contributed by atoms with Crippen LogP contribution in [0.25, 0.3) is 5.65 Å². The molecule has 0 fully saturated rings. The van der Waals surface area contributed by atoms with E-state index in [0.29, 0.717) is 23.8 Å². The molecule has 0 saturated carbocycles. The summed E-state index contributed by atoms with van der Waals surface area (Å²) in [6, 6.07) is 14.1. The number of likely N-dealkylation sites (N-methyl/N-ethyl adjacent to an activating group) is 1. The Morgan fingerprint density at radius 1 is 1.08 bits per heavy atom. The number of carbonyl (C=O) groups is 3. The van der Waals surface area contributed by atoms with Crippen molar-refractivity contribution in [3.05, 3.63) is 65.6 Å². The second kappa shape index (κ2) is 11.6. The van der Waals surface area contributed by atoms with Crippen molar-refractivity contribution in [1.29, 1.82) is 0 Å². The summed E-state index contributed by atoms with van der Waals surface area (Å²) in [5.74, 6) is -0.674. The molecule has 2 aromatic heterocycles. The molecule has 0 bridgehead atoms. The molecule has 0 saturated heterocycles. The standard InChI is InChI=1S/C24H31N7O5/c1-24(2,26)22(33)27-18(15-35-13-16-8-5-4-6-9-16)21-29-28-20-11-7-10-17(31(20)21)14-36-23(34)30(3)12-19(25)32/h4-11,18H,12-15,26H2,1-3H3,(H2,25,32)(H,27,33)/t18-/m1/s1. The fraction of sp³-hybridized carbons (Fsp3) is 0.375. The van der Waals surface area contributed by atoms with Crippen LogP contribution in [0, 0.1) is 0 Å². The van der Waals surface area contributed by atoms with Crippen LogP contribution in [-0.2, 0) is 32.3 Å². The molecule has 192 valence electrons. The van der Waals surface area contributed by atoms with Gasteiger partial charge in [-0.3, -0.25) is 14.0 Å². The molecule has 0 aliphatic carbocycles. The van der Waals surface area contributed by atoms with E-state index in [1.165, 1.54) is 7.05 Å². The molecule has 0 aliphatic rings. The maximum atomic E-state index is 12.7. The third kappa shape index (κ3) is 6.99. The molecule has 12 heteroatoms. The van der Waals surface area contributed by atoms with Crippen LogP contribution in [0.15, 0.2) is 48.5 Å². The first-order chi connectivity index (χ1) is 17.1. The maximum absolute atomic E-state index is 12.7. The predicted octanol–water partition coefficient (Wildman–Crippen LogP) is 0.894. The lowest BCUT2D eigenvalue weighted by Crippen LogP contribution is -2.51. The largest absolute Gasteiger partial charge is 0.443 e. The van der Waals surface area contributed by atoms with Gasteiger partial charge in [0.25, 0.3) is 0 Å². The van der Waals surface area contributed by atoms with Crippen LogP contribution in [0.5, 0.6) is 0 Å². The quantitative estimate of drug-likeness (QED) is 0.351. The molecule has 3 aromatic rings. The number of nitrogens with one attached hydrogen (secondary N) is 1. The monoisotopic (exact) mass is 497 g/mol. The Morgan fingerprint density at radius 2 is 1.81 bits per heavy atom. The van der Waals surface area contributed by atoms with Crippen LogP contribution in [0.3, 0.4) is 0 Å². The topological polar surface area (TPSA) is 167 Å². The number of ether oxygens (including phenoxy) is 2. The van der Waals surface area contributed by atoms with E-state index in [-0.39, 0.29) is 19.8 Å². The number of primary amides is 1. The summed E-state index contributed by atoms with van der Waals surface area (Å²) in [7, 11) is 1.40. The second-order valence-electron chi connectivity index (χ2n) is 8.89. The third-order valence-corrected chi connectivity index (χ3v) is 5.18. The minimum Gasteiger partial charge on any atom is -0.443 e. The van der Waals surface area contributed by atoms with Gasteiger partial charge in [-0.25, -0.2) is 4.79 Å². The van der Waals surface area contributed by atoms with Crippen molar-refractivity contribution in [1.82, 2.24) is 24.8 Å². The van der Waals surface area contributed by atoms with Crippen molar-refractivity contribution in [2.24, 2.45) is 11.5 Å². The highest BCUT2D eigenvalue weighted by Crippen LogP contribution is 2.18. The predicted molar refractivity (Wildman–Crippen MR) is 130 cm³/mol. The molecule has 0 aliphatic heterocycles. The van der Waals surface area contributed by atoms with Crippen molar-refractivity contribution in [2.45, 2.75) is 38.6 Å². The van der Waals surface area contributed by atoms with Gasteiger partial charge in [0.05, 0.1) is 24.4 Å². The van der Waals surface area contributed by atoms with Crippen LogP contribution >= 0.6 is 0 Å². The van der Waals surface area contributed by atoms with E-state index in [4.69, 9.17) is 20.9 Å². The SMILES string of the molecule is CN(CC(N)=O)C(=O)OCc1cccc2nnc([C@@H](COCc3ccccc3)NC(=O)C(C)(C)N)n12. The summed E-state index contributed by atoms with van der Waals surface area (Å²) in [6.07, 6.45) is -0.721. The van der Waals surface area contributed by atoms with E-state index in [0.717, 1.165) is 10.5 Å². The van der Waals surface area contributed by atoms with Crippen molar-refractivity contribution in [3.8, 4) is 0 Å². The fourth-order valence-corrected chi connectivity index (χ4v) is 3.31. The number of rotatable bonds is 11. The molecule has 3 rings (SSSR count). The summed E-state index contributed by atoms with van der Waals surface area (Å²) < 4.78 is 12.9. The average molecular weight is 498 g/mol. The first kappa shape index (κ1) is 26.6. The Kier molecular flexibility index (Phi) is 8.56. The summed E-state index contributed by atoms with van der Waals surface area (Å²) >= 11 is 0. The molecule has 2 heterocycles. The van der Waals surface area contributed by atoms with Gasteiger partial charge < -0.3 is 31.2 Å². The molecule has 0 unspecified atom stereocenters. The molecular formula is C24H31N7O5. The lowest BCUT2D eigenvalue weighted by molar-refractivity contribution is -0.126. The highest BCUT2D eigenvalue weighted by molar-refractivity contribution is 5.85. The van der Waals surface area contributed by atoms with Crippen molar-refractivity contribution < 1.29 is 23.9 Å². The number of fused-ring (bicyclic) bond motifs is 1. The Hall–Kier alpha value is -4.03. The Balaban J connectivity index is 1.85. The molecule has 1 aromatic carbocycles. The Bertz CT molecular complexity index is 1210. The lowest BCUT2D eigenvalue weighted by Gasteiger charge is -2.24. The Morgan fingerprint density at radius 3 is 2.47 bits per heavy atom. The normalized spacial score (nSPS) is 12.2. The highest BCUT2D eigenvalue weighted by Gasteiger charge is 2.28. The van der Waals surface area contributed by atoms with Crippen molar-refractivity contribution in [2.75, 3.05) is 20.2 Å².